The van der Waals surface area contributed by atoms with E-state index in [-0.39, 0.29) is 5.91 Å². The van der Waals surface area contributed by atoms with Crippen LogP contribution in [0.3, 0.4) is 0 Å². The van der Waals surface area contributed by atoms with Crippen LogP contribution in [-0.4, -0.2) is 20.4 Å². The Morgan fingerprint density at radius 2 is 1.60 bits per heavy atom. The summed E-state index contributed by atoms with van der Waals surface area (Å²) in [7, 11) is 0. The molecule has 1 amide bonds. The number of carbonyl (C=O) groups is 1. The molecule has 5 rings (SSSR count). The third-order valence-electron chi connectivity index (χ3n) is 5.49. The Morgan fingerprint density at radius 1 is 0.900 bits per heavy atom. The Hall–Kier alpha value is -3.73. The monoisotopic (exact) mass is 394 g/mol. The van der Waals surface area contributed by atoms with Gasteiger partial charge in [0.2, 0.25) is 5.91 Å². The normalized spacial score (nSPS) is 11.4. The van der Waals surface area contributed by atoms with Crippen LogP contribution in [0, 0.1) is 0 Å². The van der Waals surface area contributed by atoms with Crippen LogP contribution in [0.5, 0.6) is 0 Å². The average Bonchev–Trinajstić information content (AvgIpc) is 3.09. The highest BCUT2D eigenvalue weighted by atomic mass is 16.1. The third kappa shape index (κ3) is 3.18. The first-order chi connectivity index (χ1) is 14.7. The molecule has 30 heavy (non-hydrogen) atoms. The van der Waals surface area contributed by atoms with Crippen LogP contribution in [0.2, 0.25) is 0 Å². The van der Waals surface area contributed by atoms with Gasteiger partial charge in [0.1, 0.15) is 5.52 Å². The fourth-order valence-corrected chi connectivity index (χ4v) is 3.99. The van der Waals surface area contributed by atoms with E-state index in [0.717, 1.165) is 50.8 Å². The molecular formula is C25H22N4O. The van der Waals surface area contributed by atoms with Gasteiger partial charge in [-0.05, 0) is 36.2 Å². The maximum atomic E-state index is 12.7. The minimum atomic E-state index is -0.00409. The number of nitrogens with one attached hydrogen (secondary N) is 1. The van der Waals surface area contributed by atoms with Gasteiger partial charge in [0.05, 0.1) is 16.6 Å². The molecule has 5 aromatic rings. The SMILES string of the molecule is CCc1ccccc1NC(=O)CCn1c2ccccc2c2nc3ccccc3nc21. The smallest absolute Gasteiger partial charge is 0.226 e. The predicted molar refractivity (Wildman–Crippen MR) is 122 cm³/mol. The molecule has 0 aliphatic heterocycles. The molecule has 5 heteroatoms. The van der Waals surface area contributed by atoms with Crippen molar-refractivity contribution in [2.75, 3.05) is 5.32 Å². The zero-order valence-electron chi connectivity index (χ0n) is 16.8. The fraction of sp³-hybridized carbons (Fsp3) is 0.160. The maximum absolute atomic E-state index is 12.7. The van der Waals surface area contributed by atoms with Crippen molar-refractivity contribution in [2.45, 2.75) is 26.3 Å². The van der Waals surface area contributed by atoms with Crippen molar-refractivity contribution in [1.82, 2.24) is 14.5 Å². The van der Waals surface area contributed by atoms with Crippen LogP contribution in [0.25, 0.3) is 33.1 Å². The lowest BCUT2D eigenvalue weighted by Gasteiger charge is -2.11. The molecule has 0 bridgehead atoms. The van der Waals surface area contributed by atoms with E-state index in [2.05, 4.69) is 28.9 Å². The first-order valence-electron chi connectivity index (χ1n) is 10.3. The molecule has 148 valence electrons. The minimum absolute atomic E-state index is 0.00409. The molecular weight excluding hydrogens is 372 g/mol. The molecule has 0 aliphatic carbocycles. The number of hydrogen-bond donors (Lipinski definition) is 1. The number of aromatic nitrogens is 3. The first-order valence-corrected chi connectivity index (χ1v) is 10.3. The van der Waals surface area contributed by atoms with Gasteiger partial charge >= 0.3 is 0 Å². The van der Waals surface area contributed by atoms with E-state index in [1.54, 1.807) is 0 Å². The van der Waals surface area contributed by atoms with Crippen molar-refractivity contribution in [3.8, 4) is 0 Å². The number of carbonyl (C=O) groups excluding carboxylic acids is 1. The van der Waals surface area contributed by atoms with E-state index in [9.17, 15) is 4.79 Å². The molecule has 0 saturated carbocycles. The van der Waals surface area contributed by atoms with Crippen molar-refractivity contribution < 1.29 is 4.79 Å². The summed E-state index contributed by atoms with van der Waals surface area (Å²) >= 11 is 0. The van der Waals surface area contributed by atoms with Crippen LogP contribution >= 0.6 is 0 Å². The predicted octanol–water partition coefficient (Wildman–Crippen LogP) is 5.33. The largest absolute Gasteiger partial charge is 0.326 e. The summed E-state index contributed by atoms with van der Waals surface area (Å²) in [5, 5.41) is 4.12. The number of rotatable bonds is 5. The number of nitrogens with zero attached hydrogens (tertiary/aromatic N) is 3. The zero-order valence-corrected chi connectivity index (χ0v) is 16.8. The third-order valence-corrected chi connectivity index (χ3v) is 5.49. The summed E-state index contributed by atoms with van der Waals surface area (Å²) in [6.07, 6.45) is 1.24. The number of amides is 1. The summed E-state index contributed by atoms with van der Waals surface area (Å²) in [6.45, 7) is 2.63. The second-order valence-corrected chi connectivity index (χ2v) is 7.36. The van der Waals surface area contributed by atoms with Gasteiger partial charge in [-0.2, -0.15) is 0 Å². The van der Waals surface area contributed by atoms with E-state index in [4.69, 9.17) is 9.97 Å². The number of hydrogen-bond acceptors (Lipinski definition) is 3. The number of para-hydroxylation sites is 4. The number of benzene rings is 3. The van der Waals surface area contributed by atoms with Gasteiger partial charge in [-0.25, -0.2) is 9.97 Å². The lowest BCUT2D eigenvalue weighted by molar-refractivity contribution is -0.116. The zero-order chi connectivity index (χ0) is 20.5. The highest BCUT2D eigenvalue weighted by Crippen LogP contribution is 2.28. The van der Waals surface area contributed by atoms with E-state index in [1.807, 2.05) is 60.7 Å². The minimum Gasteiger partial charge on any atom is -0.326 e. The Morgan fingerprint density at radius 3 is 2.43 bits per heavy atom. The van der Waals surface area contributed by atoms with E-state index < -0.39 is 0 Å². The van der Waals surface area contributed by atoms with Gasteiger partial charge < -0.3 is 9.88 Å². The summed E-state index contributed by atoms with van der Waals surface area (Å²) in [5.41, 5.74) is 6.50. The Balaban J connectivity index is 1.50. The second kappa shape index (κ2) is 7.59. The number of fused-ring (bicyclic) bond motifs is 4. The second-order valence-electron chi connectivity index (χ2n) is 7.36. The summed E-state index contributed by atoms with van der Waals surface area (Å²) in [4.78, 5) is 22.4. The van der Waals surface area contributed by atoms with Crippen LogP contribution < -0.4 is 5.32 Å². The average molecular weight is 394 g/mol. The summed E-state index contributed by atoms with van der Waals surface area (Å²) in [6, 6.07) is 24.0. The number of anilines is 1. The Kier molecular flexibility index (Phi) is 4.64. The quantitative estimate of drug-likeness (QED) is 0.438. The summed E-state index contributed by atoms with van der Waals surface area (Å²) < 4.78 is 2.11. The van der Waals surface area contributed by atoms with Crippen molar-refractivity contribution >= 4 is 44.7 Å². The van der Waals surface area contributed by atoms with Gasteiger partial charge in [-0.1, -0.05) is 55.5 Å². The Bertz CT molecular complexity index is 1390. The lowest BCUT2D eigenvalue weighted by Crippen LogP contribution is -2.15. The van der Waals surface area contributed by atoms with E-state index in [1.165, 1.54) is 0 Å². The molecule has 0 atom stereocenters. The molecule has 2 heterocycles. The molecule has 0 fully saturated rings. The molecule has 0 spiro atoms. The Labute approximate surface area is 174 Å². The molecule has 1 N–H and O–H groups in total. The molecule has 0 radical (unpaired) electrons. The van der Waals surface area contributed by atoms with Crippen LogP contribution in [-0.2, 0) is 17.8 Å². The van der Waals surface area contributed by atoms with Crippen molar-refractivity contribution in [3.63, 3.8) is 0 Å². The van der Waals surface area contributed by atoms with E-state index >= 15 is 0 Å². The molecule has 2 aromatic heterocycles. The van der Waals surface area contributed by atoms with Gasteiger partial charge in [0.25, 0.3) is 0 Å². The number of aryl methyl sites for hydroxylation is 2. The fourth-order valence-electron chi connectivity index (χ4n) is 3.99. The maximum Gasteiger partial charge on any atom is 0.226 e. The first kappa shape index (κ1) is 18.3. The summed E-state index contributed by atoms with van der Waals surface area (Å²) in [5.74, 6) is -0.00409. The van der Waals surface area contributed by atoms with Crippen molar-refractivity contribution in [1.29, 1.82) is 0 Å². The molecule has 5 nitrogen and oxygen atoms in total. The lowest BCUT2D eigenvalue weighted by atomic mass is 10.1. The van der Waals surface area contributed by atoms with Gasteiger partial charge in [-0.15, -0.1) is 0 Å². The standard InChI is InChI=1S/C25H22N4O/c1-2-17-9-3-5-11-19(17)26-23(30)15-16-29-22-14-8-4-10-18(22)24-25(29)28-21-13-7-6-12-20(21)27-24/h3-14H,2,15-16H2,1H3,(H,26,30). The molecule has 0 saturated heterocycles. The van der Waals surface area contributed by atoms with Crippen LogP contribution in [0.1, 0.15) is 18.9 Å². The van der Waals surface area contributed by atoms with Gasteiger partial charge in [0, 0.05) is 24.0 Å². The van der Waals surface area contributed by atoms with Gasteiger partial charge in [0.15, 0.2) is 5.65 Å². The van der Waals surface area contributed by atoms with Crippen molar-refractivity contribution in [2.24, 2.45) is 0 Å². The molecule has 0 unspecified atom stereocenters. The van der Waals surface area contributed by atoms with Crippen LogP contribution in [0.4, 0.5) is 5.69 Å². The van der Waals surface area contributed by atoms with Crippen LogP contribution in [0.15, 0.2) is 72.8 Å². The van der Waals surface area contributed by atoms with Gasteiger partial charge in [-0.3, -0.25) is 4.79 Å². The van der Waals surface area contributed by atoms with Crippen molar-refractivity contribution in [3.05, 3.63) is 78.4 Å². The topological polar surface area (TPSA) is 59.8 Å². The van der Waals surface area contributed by atoms with E-state index in [0.29, 0.717) is 13.0 Å². The molecule has 3 aromatic carbocycles. The molecule has 0 aliphatic rings. The highest BCUT2D eigenvalue weighted by Gasteiger charge is 2.15. The highest BCUT2D eigenvalue weighted by molar-refractivity contribution is 6.06.